The molecule has 1 aliphatic carbocycles. The monoisotopic (exact) mass is 405 g/mol. The first-order chi connectivity index (χ1) is 14.6. The lowest BCUT2D eigenvalue weighted by Gasteiger charge is -2.14. The van der Waals surface area contributed by atoms with Crippen molar-refractivity contribution in [1.82, 2.24) is 15.8 Å². The molecule has 4 rings (SSSR count). The first kappa shape index (κ1) is 20.2. The number of nitrogens with one attached hydrogen (secondary N) is 3. The molecule has 156 valence electrons. The van der Waals surface area contributed by atoms with Crippen LogP contribution in [0.25, 0.3) is 16.5 Å². The zero-order valence-corrected chi connectivity index (χ0v) is 17.3. The van der Waals surface area contributed by atoms with Gasteiger partial charge in [0.15, 0.2) is 0 Å². The molecule has 4 N–H and O–H groups in total. The standard InChI is InChI=1S/C24H27N3O3/c1-15(11-24(28)27-29)16-3-6-20-17(12-16)4-8-22(20)25-10-9-18-14-26-23-13-19(30-2)5-7-21(18)23/h3,5-7,11-14,22,25-26,29H,4,8-10H2,1-2H3,(H,27,28). The highest BCUT2D eigenvalue weighted by atomic mass is 16.5. The van der Waals surface area contributed by atoms with E-state index in [1.165, 1.54) is 28.2 Å². The van der Waals surface area contributed by atoms with Gasteiger partial charge >= 0.3 is 0 Å². The summed E-state index contributed by atoms with van der Waals surface area (Å²) in [6, 6.07) is 12.8. The fraction of sp³-hybridized carbons (Fsp3) is 0.292. The van der Waals surface area contributed by atoms with Gasteiger partial charge in [-0.15, -0.1) is 0 Å². The van der Waals surface area contributed by atoms with Crippen LogP contribution in [0.15, 0.2) is 48.7 Å². The number of carbonyl (C=O) groups is 1. The van der Waals surface area contributed by atoms with Crippen LogP contribution in [-0.4, -0.2) is 29.8 Å². The number of hydrogen-bond donors (Lipinski definition) is 4. The second kappa shape index (κ2) is 8.73. The number of hydroxylamine groups is 1. The maximum Gasteiger partial charge on any atom is 0.267 e. The summed E-state index contributed by atoms with van der Waals surface area (Å²) in [5.41, 5.74) is 8.54. The number of aromatic amines is 1. The number of amides is 1. The second-order valence-electron chi connectivity index (χ2n) is 7.74. The molecule has 3 aromatic rings. The summed E-state index contributed by atoms with van der Waals surface area (Å²) in [4.78, 5) is 14.7. The van der Waals surface area contributed by atoms with Crippen molar-refractivity contribution in [3.8, 4) is 5.75 Å². The minimum absolute atomic E-state index is 0.351. The smallest absolute Gasteiger partial charge is 0.267 e. The maximum atomic E-state index is 11.4. The summed E-state index contributed by atoms with van der Waals surface area (Å²) in [5.74, 6) is 0.348. The Kier molecular flexibility index (Phi) is 5.88. The van der Waals surface area contributed by atoms with E-state index in [9.17, 15) is 4.79 Å². The molecule has 0 saturated heterocycles. The zero-order chi connectivity index (χ0) is 21.1. The number of H-pyrrole nitrogens is 1. The largest absolute Gasteiger partial charge is 0.497 e. The summed E-state index contributed by atoms with van der Waals surface area (Å²) in [7, 11) is 1.68. The van der Waals surface area contributed by atoms with Gasteiger partial charge in [0.25, 0.3) is 5.91 Å². The van der Waals surface area contributed by atoms with Crippen molar-refractivity contribution in [1.29, 1.82) is 0 Å². The normalized spacial score (nSPS) is 16.0. The molecule has 6 nitrogen and oxygen atoms in total. The molecule has 0 saturated carbocycles. The van der Waals surface area contributed by atoms with Crippen molar-refractivity contribution >= 4 is 22.4 Å². The fourth-order valence-corrected chi connectivity index (χ4v) is 4.27. The Morgan fingerprint density at radius 1 is 1.30 bits per heavy atom. The molecule has 0 radical (unpaired) electrons. The summed E-state index contributed by atoms with van der Waals surface area (Å²) in [6.45, 7) is 2.78. The van der Waals surface area contributed by atoms with Gasteiger partial charge in [-0.1, -0.05) is 18.2 Å². The molecule has 0 fully saturated rings. The third-order valence-electron chi connectivity index (χ3n) is 5.89. The first-order valence-corrected chi connectivity index (χ1v) is 10.2. The third kappa shape index (κ3) is 4.10. The molecule has 0 bridgehead atoms. The van der Waals surface area contributed by atoms with Crippen LogP contribution in [0.1, 0.15) is 41.6 Å². The highest BCUT2D eigenvalue weighted by Crippen LogP contribution is 2.33. The van der Waals surface area contributed by atoms with E-state index >= 15 is 0 Å². The van der Waals surface area contributed by atoms with Gasteiger partial charge in [0.1, 0.15) is 5.75 Å². The maximum absolute atomic E-state index is 11.4. The number of benzene rings is 2. The van der Waals surface area contributed by atoms with Crippen molar-refractivity contribution in [3.05, 3.63) is 70.9 Å². The second-order valence-corrected chi connectivity index (χ2v) is 7.74. The molecular formula is C24H27N3O3. The summed E-state index contributed by atoms with van der Waals surface area (Å²) in [6.07, 6.45) is 6.53. The number of fused-ring (bicyclic) bond motifs is 2. The van der Waals surface area contributed by atoms with E-state index in [1.54, 1.807) is 12.6 Å². The van der Waals surface area contributed by atoms with Crippen molar-refractivity contribution in [2.75, 3.05) is 13.7 Å². The Morgan fingerprint density at radius 3 is 2.97 bits per heavy atom. The summed E-state index contributed by atoms with van der Waals surface area (Å²) in [5, 5.41) is 13.6. The summed E-state index contributed by atoms with van der Waals surface area (Å²) < 4.78 is 5.29. The quantitative estimate of drug-likeness (QED) is 0.273. The Labute approximate surface area is 175 Å². The van der Waals surface area contributed by atoms with Gasteiger partial charge in [-0.05, 0) is 72.7 Å². The van der Waals surface area contributed by atoms with E-state index in [1.807, 2.05) is 25.1 Å². The molecule has 1 aromatic heterocycles. The number of rotatable bonds is 7. The van der Waals surface area contributed by atoms with Crippen LogP contribution >= 0.6 is 0 Å². The van der Waals surface area contributed by atoms with Gasteiger partial charge in [0, 0.05) is 35.3 Å². The van der Waals surface area contributed by atoms with Crippen LogP contribution in [0.4, 0.5) is 0 Å². The number of ether oxygens (including phenoxy) is 1. The zero-order valence-electron chi connectivity index (χ0n) is 17.3. The van der Waals surface area contributed by atoms with Crippen LogP contribution < -0.4 is 15.5 Å². The molecule has 0 aliphatic heterocycles. The highest BCUT2D eigenvalue weighted by molar-refractivity contribution is 5.94. The lowest BCUT2D eigenvalue weighted by atomic mass is 10.00. The molecule has 30 heavy (non-hydrogen) atoms. The average molecular weight is 405 g/mol. The topological polar surface area (TPSA) is 86.4 Å². The molecule has 1 atom stereocenters. The highest BCUT2D eigenvalue weighted by Gasteiger charge is 2.22. The molecule has 1 unspecified atom stereocenters. The van der Waals surface area contributed by atoms with Gasteiger partial charge in [-0.3, -0.25) is 10.0 Å². The SMILES string of the molecule is COc1ccc2c(CCNC3CCc4cc(C(C)=CC(=O)NO)ccc43)c[nH]c2c1. The van der Waals surface area contributed by atoms with Crippen molar-refractivity contribution in [2.45, 2.75) is 32.2 Å². The molecular weight excluding hydrogens is 378 g/mol. The van der Waals surface area contributed by atoms with Crippen LogP contribution in [-0.2, 0) is 17.6 Å². The Hall–Kier alpha value is -3.09. The predicted molar refractivity (Wildman–Crippen MR) is 118 cm³/mol. The van der Waals surface area contributed by atoms with Crippen LogP contribution in [0, 0.1) is 0 Å². The van der Waals surface area contributed by atoms with Gasteiger partial charge in [-0.2, -0.15) is 0 Å². The fourth-order valence-electron chi connectivity index (χ4n) is 4.27. The number of aryl methyl sites for hydroxylation is 1. The minimum atomic E-state index is -0.511. The van der Waals surface area contributed by atoms with E-state index in [0.29, 0.717) is 6.04 Å². The Morgan fingerprint density at radius 2 is 2.17 bits per heavy atom. The van der Waals surface area contributed by atoms with Crippen molar-refractivity contribution < 1.29 is 14.7 Å². The average Bonchev–Trinajstić information content (AvgIpc) is 3.36. The van der Waals surface area contributed by atoms with Crippen LogP contribution in [0.5, 0.6) is 5.75 Å². The molecule has 6 heteroatoms. The van der Waals surface area contributed by atoms with Gasteiger partial charge < -0.3 is 15.0 Å². The molecule has 1 aliphatic rings. The van der Waals surface area contributed by atoms with Gasteiger partial charge in [0.2, 0.25) is 0 Å². The lowest BCUT2D eigenvalue weighted by Crippen LogP contribution is -2.21. The van der Waals surface area contributed by atoms with Crippen molar-refractivity contribution in [2.24, 2.45) is 0 Å². The Bertz CT molecular complexity index is 1100. The Balaban J connectivity index is 1.40. The molecule has 2 aromatic carbocycles. The van der Waals surface area contributed by atoms with E-state index in [4.69, 9.17) is 9.94 Å². The van der Waals surface area contributed by atoms with Gasteiger partial charge in [0.05, 0.1) is 7.11 Å². The van der Waals surface area contributed by atoms with Crippen molar-refractivity contribution in [3.63, 3.8) is 0 Å². The number of carbonyl (C=O) groups excluding carboxylic acids is 1. The van der Waals surface area contributed by atoms with E-state index in [-0.39, 0.29) is 0 Å². The van der Waals surface area contributed by atoms with Crippen LogP contribution in [0.3, 0.4) is 0 Å². The van der Waals surface area contributed by atoms with E-state index < -0.39 is 5.91 Å². The first-order valence-electron chi connectivity index (χ1n) is 10.2. The number of hydrogen-bond acceptors (Lipinski definition) is 4. The third-order valence-corrected chi connectivity index (χ3v) is 5.89. The van der Waals surface area contributed by atoms with E-state index in [2.05, 4.69) is 34.7 Å². The molecule has 0 spiro atoms. The molecule has 1 amide bonds. The number of methoxy groups -OCH3 is 1. The lowest BCUT2D eigenvalue weighted by molar-refractivity contribution is -0.124. The van der Waals surface area contributed by atoms with E-state index in [0.717, 1.165) is 48.2 Å². The number of aromatic nitrogens is 1. The molecule has 1 heterocycles. The van der Waals surface area contributed by atoms with Crippen LogP contribution in [0.2, 0.25) is 0 Å². The van der Waals surface area contributed by atoms with Gasteiger partial charge in [-0.25, -0.2) is 5.48 Å². The minimum Gasteiger partial charge on any atom is -0.497 e. The summed E-state index contributed by atoms with van der Waals surface area (Å²) >= 11 is 0. The predicted octanol–water partition coefficient (Wildman–Crippen LogP) is 3.90. The number of allylic oxidation sites excluding steroid dienone is 1.